The van der Waals surface area contributed by atoms with Crippen LogP contribution < -0.4 is 11.3 Å². The molecule has 31 heavy (non-hydrogen) atoms. The summed E-state index contributed by atoms with van der Waals surface area (Å²) in [7, 11) is 0. The van der Waals surface area contributed by atoms with Gasteiger partial charge in [0, 0.05) is 4.88 Å². The SMILES string of the molecule is Nc1nc(COC(=O)CCn2nnc3ccccc3c2=O)nc2sc3c(c12)CCCC3. The molecule has 158 valence electrons. The number of nitrogens with zero attached hydrogens (tertiary/aromatic N) is 5. The zero-order chi connectivity index (χ0) is 21.4. The van der Waals surface area contributed by atoms with E-state index >= 15 is 0 Å². The normalized spacial score (nSPS) is 13.4. The standard InChI is InChI=1S/C21H20N6O3S/c22-19-18-13-6-2-4-8-15(13)31-20(18)24-16(23-19)11-30-17(28)9-10-27-21(29)12-5-1-3-7-14(12)25-26-27/h1,3,5,7H,2,4,6,8-11H2,(H2,22,23,24). The minimum absolute atomic E-state index is 0.0159. The maximum Gasteiger partial charge on any atom is 0.308 e. The van der Waals surface area contributed by atoms with Gasteiger partial charge in [-0.2, -0.15) is 0 Å². The topological polar surface area (TPSA) is 126 Å². The fraction of sp³-hybridized carbons (Fsp3) is 0.333. The van der Waals surface area contributed by atoms with Gasteiger partial charge in [0.2, 0.25) is 0 Å². The quantitative estimate of drug-likeness (QED) is 0.473. The summed E-state index contributed by atoms with van der Waals surface area (Å²) in [5, 5.41) is 9.30. The molecule has 3 heterocycles. The molecule has 9 nitrogen and oxygen atoms in total. The van der Waals surface area contributed by atoms with E-state index in [9.17, 15) is 9.59 Å². The highest BCUT2D eigenvalue weighted by Crippen LogP contribution is 2.37. The molecule has 1 aliphatic carbocycles. The van der Waals surface area contributed by atoms with Gasteiger partial charge in [-0.05, 0) is 43.4 Å². The number of benzene rings is 1. The molecule has 0 amide bonds. The van der Waals surface area contributed by atoms with Gasteiger partial charge in [-0.15, -0.1) is 16.4 Å². The molecule has 3 aromatic heterocycles. The fourth-order valence-electron chi connectivity index (χ4n) is 3.88. The van der Waals surface area contributed by atoms with E-state index in [1.165, 1.54) is 21.5 Å². The smallest absolute Gasteiger partial charge is 0.308 e. The first-order valence-corrected chi connectivity index (χ1v) is 11.0. The molecule has 0 radical (unpaired) electrons. The second-order valence-electron chi connectivity index (χ2n) is 7.46. The van der Waals surface area contributed by atoms with Gasteiger partial charge in [0.05, 0.1) is 23.7 Å². The van der Waals surface area contributed by atoms with Crippen molar-refractivity contribution in [2.75, 3.05) is 5.73 Å². The van der Waals surface area contributed by atoms with Gasteiger partial charge in [-0.1, -0.05) is 17.3 Å². The number of thiophene rings is 1. The second-order valence-corrected chi connectivity index (χ2v) is 8.55. The van der Waals surface area contributed by atoms with Gasteiger partial charge in [0.25, 0.3) is 5.56 Å². The zero-order valence-electron chi connectivity index (χ0n) is 16.7. The molecule has 10 heteroatoms. The van der Waals surface area contributed by atoms with E-state index < -0.39 is 5.97 Å². The first kappa shape index (κ1) is 19.6. The number of aromatic nitrogens is 5. The number of hydrogen-bond acceptors (Lipinski definition) is 9. The molecule has 0 unspecified atom stereocenters. The van der Waals surface area contributed by atoms with Gasteiger partial charge >= 0.3 is 5.97 Å². The molecular formula is C21H20N6O3S. The molecule has 4 aromatic rings. The van der Waals surface area contributed by atoms with E-state index in [0.717, 1.165) is 29.5 Å². The fourth-order valence-corrected chi connectivity index (χ4v) is 5.17. The number of hydrogen-bond donors (Lipinski definition) is 1. The predicted octanol–water partition coefficient (Wildman–Crippen LogP) is 2.39. The number of aryl methyl sites for hydroxylation is 3. The molecule has 0 fully saturated rings. The third-order valence-electron chi connectivity index (χ3n) is 5.41. The molecule has 1 aliphatic rings. The highest BCUT2D eigenvalue weighted by Gasteiger charge is 2.20. The minimum atomic E-state index is -0.477. The van der Waals surface area contributed by atoms with E-state index in [1.54, 1.807) is 35.6 Å². The Morgan fingerprint density at radius 1 is 1.19 bits per heavy atom. The van der Waals surface area contributed by atoms with Gasteiger partial charge < -0.3 is 10.5 Å². The second kappa shape index (κ2) is 8.03. The Balaban J connectivity index is 1.25. The number of nitrogens with two attached hydrogens (primary N) is 1. The lowest BCUT2D eigenvalue weighted by atomic mass is 9.97. The van der Waals surface area contributed by atoms with E-state index in [2.05, 4.69) is 20.3 Å². The van der Waals surface area contributed by atoms with Crippen molar-refractivity contribution in [1.82, 2.24) is 25.0 Å². The summed E-state index contributed by atoms with van der Waals surface area (Å²) in [6.07, 6.45) is 4.38. The molecule has 2 N–H and O–H groups in total. The third-order valence-corrected chi connectivity index (χ3v) is 6.59. The monoisotopic (exact) mass is 436 g/mol. The van der Waals surface area contributed by atoms with Gasteiger partial charge in [-0.3, -0.25) is 9.59 Å². The van der Waals surface area contributed by atoms with Crippen molar-refractivity contribution >= 4 is 44.2 Å². The van der Waals surface area contributed by atoms with Crippen LogP contribution in [0.3, 0.4) is 0 Å². The maximum absolute atomic E-state index is 12.4. The van der Waals surface area contributed by atoms with E-state index in [1.807, 2.05) is 0 Å². The summed E-state index contributed by atoms with van der Waals surface area (Å²) >= 11 is 1.65. The Bertz CT molecular complexity index is 1360. The van der Waals surface area contributed by atoms with Crippen LogP contribution in [0.15, 0.2) is 29.1 Å². The minimum Gasteiger partial charge on any atom is -0.457 e. The van der Waals surface area contributed by atoms with Crippen LogP contribution >= 0.6 is 11.3 Å². The number of ether oxygens (including phenoxy) is 1. The molecule has 0 atom stereocenters. The highest BCUT2D eigenvalue weighted by atomic mass is 32.1. The number of carbonyl (C=O) groups is 1. The molecular weight excluding hydrogens is 416 g/mol. The van der Waals surface area contributed by atoms with Crippen molar-refractivity contribution in [3.8, 4) is 0 Å². The molecule has 0 saturated carbocycles. The van der Waals surface area contributed by atoms with Crippen molar-refractivity contribution in [2.24, 2.45) is 0 Å². The Hall–Kier alpha value is -3.40. The van der Waals surface area contributed by atoms with E-state index in [-0.39, 0.29) is 25.1 Å². The molecule has 0 bridgehead atoms. The number of fused-ring (bicyclic) bond motifs is 4. The average molecular weight is 436 g/mol. The lowest BCUT2D eigenvalue weighted by Gasteiger charge is -2.10. The van der Waals surface area contributed by atoms with Crippen molar-refractivity contribution in [3.05, 3.63) is 50.9 Å². The average Bonchev–Trinajstić information content (AvgIpc) is 3.16. The molecule has 0 spiro atoms. The summed E-state index contributed by atoms with van der Waals surface area (Å²) in [6, 6.07) is 6.95. The van der Waals surface area contributed by atoms with Crippen molar-refractivity contribution in [1.29, 1.82) is 0 Å². The van der Waals surface area contributed by atoms with Crippen LogP contribution in [-0.4, -0.2) is 30.9 Å². The van der Waals surface area contributed by atoms with Crippen molar-refractivity contribution < 1.29 is 9.53 Å². The van der Waals surface area contributed by atoms with Crippen LogP contribution in [0.2, 0.25) is 0 Å². The zero-order valence-corrected chi connectivity index (χ0v) is 17.5. The Kier molecular flexibility index (Phi) is 5.06. The summed E-state index contributed by atoms with van der Waals surface area (Å²) in [4.78, 5) is 35.7. The van der Waals surface area contributed by atoms with Crippen LogP contribution in [0.25, 0.3) is 21.1 Å². The number of nitrogen functional groups attached to an aromatic ring is 1. The molecule has 0 aliphatic heterocycles. The predicted molar refractivity (Wildman–Crippen MR) is 117 cm³/mol. The molecule has 5 rings (SSSR count). The Morgan fingerprint density at radius 3 is 2.94 bits per heavy atom. The van der Waals surface area contributed by atoms with Crippen molar-refractivity contribution in [3.63, 3.8) is 0 Å². The first-order chi connectivity index (χ1) is 15.1. The number of rotatable bonds is 5. The van der Waals surface area contributed by atoms with Crippen LogP contribution in [0.4, 0.5) is 5.82 Å². The molecule has 1 aromatic carbocycles. The van der Waals surface area contributed by atoms with Crippen LogP contribution in [-0.2, 0) is 35.5 Å². The van der Waals surface area contributed by atoms with Gasteiger partial charge in [0.15, 0.2) is 12.4 Å². The summed E-state index contributed by atoms with van der Waals surface area (Å²) in [5.74, 6) is 0.336. The lowest BCUT2D eigenvalue weighted by molar-refractivity contribution is -0.145. The summed E-state index contributed by atoms with van der Waals surface area (Å²) in [6.45, 7) is 0.00894. The highest BCUT2D eigenvalue weighted by molar-refractivity contribution is 7.19. The van der Waals surface area contributed by atoms with Gasteiger partial charge in [-0.25, -0.2) is 14.6 Å². The summed E-state index contributed by atoms with van der Waals surface area (Å²) < 4.78 is 6.47. The Labute approximate surface area is 180 Å². The maximum atomic E-state index is 12.4. The van der Waals surface area contributed by atoms with Gasteiger partial charge in [0.1, 0.15) is 16.2 Å². The van der Waals surface area contributed by atoms with E-state index in [0.29, 0.717) is 22.5 Å². The summed E-state index contributed by atoms with van der Waals surface area (Å²) in [5.41, 5.74) is 7.69. The van der Waals surface area contributed by atoms with Crippen LogP contribution in [0.5, 0.6) is 0 Å². The number of esters is 1. The third kappa shape index (κ3) is 3.74. The Morgan fingerprint density at radius 2 is 2.03 bits per heavy atom. The number of anilines is 1. The lowest BCUT2D eigenvalue weighted by Crippen LogP contribution is -2.25. The first-order valence-electron chi connectivity index (χ1n) is 10.1. The van der Waals surface area contributed by atoms with E-state index in [4.69, 9.17) is 10.5 Å². The van der Waals surface area contributed by atoms with Crippen LogP contribution in [0, 0.1) is 0 Å². The van der Waals surface area contributed by atoms with Crippen molar-refractivity contribution in [2.45, 2.75) is 45.3 Å². The molecule has 0 saturated heterocycles. The van der Waals surface area contributed by atoms with Crippen LogP contribution in [0.1, 0.15) is 35.5 Å². The largest absolute Gasteiger partial charge is 0.457 e. The number of carbonyl (C=O) groups excluding carboxylic acids is 1.